The van der Waals surface area contributed by atoms with Crippen molar-refractivity contribution in [1.82, 2.24) is 4.90 Å². The van der Waals surface area contributed by atoms with Crippen molar-refractivity contribution in [2.24, 2.45) is 0 Å². The van der Waals surface area contributed by atoms with Crippen molar-refractivity contribution in [3.63, 3.8) is 0 Å². The second-order valence-electron chi connectivity index (χ2n) is 5.57. The van der Waals surface area contributed by atoms with Gasteiger partial charge in [-0.3, -0.25) is 9.59 Å². The molecule has 1 aliphatic rings. The number of furan rings is 1. The summed E-state index contributed by atoms with van der Waals surface area (Å²) in [4.78, 5) is 24.9. The van der Waals surface area contributed by atoms with Gasteiger partial charge in [-0.1, -0.05) is 12.8 Å². The summed E-state index contributed by atoms with van der Waals surface area (Å²) in [5.74, 6) is 0.171. The maximum Gasteiger partial charge on any atom is 0.303 e. The van der Waals surface area contributed by atoms with Crippen molar-refractivity contribution in [3.05, 3.63) is 24.2 Å². The molecule has 0 aromatic carbocycles. The largest absolute Gasteiger partial charge is 0.481 e. The fraction of sp³-hybridized carbons (Fsp3) is 0.625. The summed E-state index contributed by atoms with van der Waals surface area (Å²) in [6.45, 7) is 0.767. The summed E-state index contributed by atoms with van der Waals surface area (Å²) in [6.07, 6.45) is 7.60. The number of carbonyl (C=O) groups excluding carboxylic acids is 1. The number of carboxylic acid groups (broad SMARTS) is 1. The number of amides is 1. The lowest BCUT2D eigenvalue weighted by molar-refractivity contribution is -0.138. The second kappa shape index (κ2) is 7.86. The van der Waals surface area contributed by atoms with Crippen LogP contribution in [0.2, 0.25) is 0 Å². The highest BCUT2D eigenvalue weighted by Crippen LogP contribution is 2.31. The molecule has 0 radical (unpaired) electrons. The molecule has 1 aromatic heterocycles. The minimum atomic E-state index is -0.800. The highest BCUT2D eigenvalue weighted by atomic mass is 16.4. The van der Waals surface area contributed by atoms with Crippen LogP contribution >= 0.6 is 0 Å². The van der Waals surface area contributed by atoms with E-state index in [0.717, 1.165) is 38.0 Å². The first-order valence-corrected chi connectivity index (χ1v) is 7.73. The zero-order valence-electron chi connectivity index (χ0n) is 12.3. The molecule has 2 heterocycles. The molecule has 21 heavy (non-hydrogen) atoms. The van der Waals surface area contributed by atoms with Crippen LogP contribution in [0, 0.1) is 0 Å². The quantitative estimate of drug-likeness (QED) is 0.816. The minimum Gasteiger partial charge on any atom is -0.481 e. The van der Waals surface area contributed by atoms with Crippen LogP contribution in [0.5, 0.6) is 0 Å². The molecule has 1 amide bonds. The Morgan fingerprint density at radius 1 is 1.24 bits per heavy atom. The molecule has 0 spiro atoms. The van der Waals surface area contributed by atoms with Gasteiger partial charge in [-0.2, -0.15) is 0 Å². The first kappa shape index (κ1) is 15.6. The SMILES string of the molecule is O=C(O)CCCCC(=O)N1CCCCCC1c1ccco1. The second-order valence-corrected chi connectivity index (χ2v) is 5.57. The first-order valence-electron chi connectivity index (χ1n) is 7.73. The Kier molecular flexibility index (Phi) is 5.84. The number of rotatable bonds is 6. The van der Waals surface area contributed by atoms with Crippen molar-refractivity contribution in [3.8, 4) is 0 Å². The molecule has 0 bridgehead atoms. The Morgan fingerprint density at radius 2 is 2.05 bits per heavy atom. The Labute approximate surface area is 124 Å². The third-order valence-electron chi connectivity index (χ3n) is 3.98. The molecule has 1 saturated heterocycles. The van der Waals surface area contributed by atoms with E-state index in [-0.39, 0.29) is 18.4 Å². The van der Waals surface area contributed by atoms with Gasteiger partial charge in [0.1, 0.15) is 5.76 Å². The van der Waals surface area contributed by atoms with Gasteiger partial charge in [-0.05, 0) is 37.8 Å². The van der Waals surface area contributed by atoms with E-state index in [1.54, 1.807) is 6.26 Å². The van der Waals surface area contributed by atoms with Gasteiger partial charge in [0, 0.05) is 19.4 Å². The van der Waals surface area contributed by atoms with Crippen LogP contribution in [-0.2, 0) is 9.59 Å². The van der Waals surface area contributed by atoms with Gasteiger partial charge < -0.3 is 14.4 Å². The lowest BCUT2D eigenvalue weighted by Gasteiger charge is -2.28. The zero-order chi connectivity index (χ0) is 15.1. The molecule has 5 nitrogen and oxygen atoms in total. The van der Waals surface area contributed by atoms with Crippen LogP contribution in [-0.4, -0.2) is 28.4 Å². The maximum atomic E-state index is 12.4. The van der Waals surface area contributed by atoms with Crippen LogP contribution in [0.1, 0.15) is 63.2 Å². The molecule has 1 unspecified atom stereocenters. The van der Waals surface area contributed by atoms with Crippen molar-refractivity contribution in [1.29, 1.82) is 0 Å². The molecule has 2 rings (SSSR count). The monoisotopic (exact) mass is 293 g/mol. The standard InChI is InChI=1S/C16H23NO4/c18-15(9-3-4-10-16(19)20)17-11-5-1-2-7-13(17)14-8-6-12-21-14/h6,8,12-13H,1-5,7,9-11H2,(H,19,20). The van der Waals surface area contributed by atoms with Crippen molar-refractivity contribution < 1.29 is 19.1 Å². The summed E-state index contributed by atoms with van der Waals surface area (Å²) in [6, 6.07) is 3.82. The van der Waals surface area contributed by atoms with E-state index < -0.39 is 5.97 Å². The maximum absolute atomic E-state index is 12.4. The Morgan fingerprint density at radius 3 is 2.76 bits per heavy atom. The molecule has 1 fully saturated rings. The summed E-state index contributed by atoms with van der Waals surface area (Å²) >= 11 is 0. The smallest absolute Gasteiger partial charge is 0.303 e. The number of unbranched alkanes of at least 4 members (excludes halogenated alkanes) is 1. The van der Waals surface area contributed by atoms with Gasteiger partial charge >= 0.3 is 5.97 Å². The molecule has 1 aliphatic heterocycles. The van der Waals surface area contributed by atoms with E-state index in [4.69, 9.17) is 9.52 Å². The molecule has 1 aromatic rings. The highest BCUT2D eigenvalue weighted by Gasteiger charge is 2.28. The first-order chi connectivity index (χ1) is 10.2. The highest BCUT2D eigenvalue weighted by molar-refractivity contribution is 5.76. The summed E-state index contributed by atoms with van der Waals surface area (Å²) in [5, 5.41) is 8.62. The Balaban J connectivity index is 1.93. The molecular formula is C16H23NO4. The number of likely N-dealkylation sites (tertiary alicyclic amines) is 1. The van der Waals surface area contributed by atoms with E-state index in [0.29, 0.717) is 19.3 Å². The Hall–Kier alpha value is -1.78. The van der Waals surface area contributed by atoms with Gasteiger partial charge in [0.25, 0.3) is 0 Å². The van der Waals surface area contributed by atoms with Crippen molar-refractivity contribution in [2.45, 2.75) is 57.4 Å². The predicted octanol–water partition coefficient (Wildman–Crippen LogP) is 3.37. The number of aliphatic carboxylic acids is 1. The van der Waals surface area contributed by atoms with E-state index in [1.165, 1.54) is 0 Å². The molecule has 5 heteroatoms. The average Bonchev–Trinajstić information content (AvgIpc) is 2.87. The minimum absolute atomic E-state index is 0.0365. The van der Waals surface area contributed by atoms with Gasteiger partial charge in [-0.25, -0.2) is 0 Å². The van der Waals surface area contributed by atoms with Crippen LogP contribution in [0.4, 0.5) is 0 Å². The number of hydrogen-bond donors (Lipinski definition) is 1. The average molecular weight is 293 g/mol. The van der Waals surface area contributed by atoms with Crippen LogP contribution in [0.3, 0.4) is 0 Å². The van der Waals surface area contributed by atoms with E-state index in [1.807, 2.05) is 17.0 Å². The molecule has 116 valence electrons. The number of hydrogen-bond acceptors (Lipinski definition) is 3. The number of carbonyl (C=O) groups is 2. The molecule has 0 aliphatic carbocycles. The van der Waals surface area contributed by atoms with Crippen molar-refractivity contribution >= 4 is 11.9 Å². The lowest BCUT2D eigenvalue weighted by Crippen LogP contribution is -2.34. The Bertz CT molecular complexity index is 455. The van der Waals surface area contributed by atoms with E-state index >= 15 is 0 Å². The van der Waals surface area contributed by atoms with E-state index in [2.05, 4.69) is 0 Å². The van der Waals surface area contributed by atoms with E-state index in [9.17, 15) is 9.59 Å². The number of nitrogens with zero attached hydrogens (tertiary/aromatic N) is 1. The molecule has 1 atom stereocenters. The predicted molar refractivity (Wildman–Crippen MR) is 77.7 cm³/mol. The summed E-state index contributed by atoms with van der Waals surface area (Å²) in [5.41, 5.74) is 0. The van der Waals surface area contributed by atoms with Crippen LogP contribution in [0.25, 0.3) is 0 Å². The third-order valence-corrected chi connectivity index (χ3v) is 3.98. The van der Waals surface area contributed by atoms with Gasteiger partial charge in [0.05, 0.1) is 12.3 Å². The molecular weight excluding hydrogens is 270 g/mol. The number of carboxylic acids is 1. The lowest BCUT2D eigenvalue weighted by atomic mass is 10.1. The van der Waals surface area contributed by atoms with Gasteiger partial charge in [-0.15, -0.1) is 0 Å². The van der Waals surface area contributed by atoms with Crippen LogP contribution in [0.15, 0.2) is 22.8 Å². The molecule has 1 N–H and O–H groups in total. The fourth-order valence-corrected chi connectivity index (χ4v) is 2.88. The molecule has 0 saturated carbocycles. The summed E-state index contributed by atoms with van der Waals surface area (Å²) < 4.78 is 5.49. The zero-order valence-corrected chi connectivity index (χ0v) is 12.3. The fourth-order valence-electron chi connectivity index (χ4n) is 2.88. The normalized spacial score (nSPS) is 19.2. The summed E-state index contributed by atoms with van der Waals surface area (Å²) in [7, 11) is 0. The van der Waals surface area contributed by atoms with Crippen LogP contribution < -0.4 is 0 Å². The van der Waals surface area contributed by atoms with Crippen molar-refractivity contribution in [2.75, 3.05) is 6.54 Å². The third kappa shape index (κ3) is 4.62. The van der Waals surface area contributed by atoms with Gasteiger partial charge in [0.2, 0.25) is 5.91 Å². The van der Waals surface area contributed by atoms with Gasteiger partial charge in [0.15, 0.2) is 0 Å². The topological polar surface area (TPSA) is 70.8 Å².